The third-order valence-electron chi connectivity index (χ3n) is 2.78. The Kier molecular flexibility index (Phi) is 4.42. The molecule has 1 heterocycles. The van der Waals surface area contributed by atoms with Crippen molar-refractivity contribution >= 4 is 17.5 Å². The number of rotatable bonds is 4. The Morgan fingerprint density at radius 1 is 1.29 bits per heavy atom. The molecule has 2 aromatic rings. The number of anilines is 1. The van der Waals surface area contributed by atoms with E-state index in [0.717, 1.165) is 0 Å². The third kappa shape index (κ3) is 3.74. The summed E-state index contributed by atoms with van der Waals surface area (Å²) in [5.41, 5.74) is 1.25. The molecule has 1 aromatic carbocycles. The number of amides is 2. The van der Waals surface area contributed by atoms with Crippen LogP contribution in [0, 0.1) is 12.3 Å². The van der Waals surface area contributed by atoms with Gasteiger partial charge in [-0.25, -0.2) is 0 Å². The summed E-state index contributed by atoms with van der Waals surface area (Å²) in [6.07, 6.45) is 6.69. The average molecular weight is 282 g/mol. The minimum Gasteiger partial charge on any atom is -0.459 e. The van der Waals surface area contributed by atoms with Crippen LogP contribution in [0.4, 0.5) is 5.69 Å². The van der Waals surface area contributed by atoms with E-state index in [1.807, 2.05) is 0 Å². The largest absolute Gasteiger partial charge is 0.459 e. The highest BCUT2D eigenvalue weighted by Gasteiger charge is 2.18. The van der Waals surface area contributed by atoms with Crippen LogP contribution in [0.2, 0.25) is 0 Å². The maximum absolute atomic E-state index is 12.0. The number of nitrogens with one attached hydrogen (secondary N) is 2. The van der Waals surface area contributed by atoms with E-state index in [9.17, 15) is 9.59 Å². The fraction of sp³-hybridized carbons (Fsp3) is 0.125. The maximum Gasteiger partial charge on any atom is 0.287 e. The molecule has 0 aliphatic rings. The monoisotopic (exact) mass is 282 g/mol. The zero-order chi connectivity index (χ0) is 15.2. The van der Waals surface area contributed by atoms with Gasteiger partial charge in [0.05, 0.1) is 6.26 Å². The van der Waals surface area contributed by atoms with Crippen LogP contribution in [-0.2, 0) is 4.79 Å². The first-order valence-corrected chi connectivity index (χ1v) is 6.32. The van der Waals surface area contributed by atoms with Gasteiger partial charge in [-0.15, -0.1) is 6.42 Å². The molecule has 0 aliphatic carbocycles. The predicted octanol–water partition coefficient (Wildman–Crippen LogP) is 2.02. The van der Waals surface area contributed by atoms with Crippen molar-refractivity contribution in [3.8, 4) is 12.3 Å². The molecule has 0 spiro atoms. The molecule has 1 aromatic heterocycles. The van der Waals surface area contributed by atoms with Crippen molar-refractivity contribution in [1.82, 2.24) is 5.32 Å². The van der Waals surface area contributed by atoms with Gasteiger partial charge in [0, 0.05) is 11.3 Å². The van der Waals surface area contributed by atoms with Crippen LogP contribution in [-0.4, -0.2) is 17.9 Å². The van der Waals surface area contributed by atoms with Crippen LogP contribution >= 0.6 is 0 Å². The second-order valence-electron chi connectivity index (χ2n) is 4.39. The zero-order valence-electron chi connectivity index (χ0n) is 11.4. The van der Waals surface area contributed by atoms with Gasteiger partial charge in [-0.05, 0) is 37.3 Å². The van der Waals surface area contributed by atoms with Crippen LogP contribution < -0.4 is 10.6 Å². The second-order valence-corrected chi connectivity index (χ2v) is 4.39. The third-order valence-corrected chi connectivity index (χ3v) is 2.78. The van der Waals surface area contributed by atoms with E-state index in [2.05, 4.69) is 16.6 Å². The van der Waals surface area contributed by atoms with Gasteiger partial charge in [-0.1, -0.05) is 12.0 Å². The molecule has 0 saturated carbocycles. The van der Waals surface area contributed by atoms with Gasteiger partial charge in [0.25, 0.3) is 5.91 Å². The Bertz CT molecular complexity index is 684. The Labute approximate surface area is 122 Å². The molecule has 5 nitrogen and oxygen atoms in total. The molecule has 21 heavy (non-hydrogen) atoms. The molecule has 106 valence electrons. The summed E-state index contributed by atoms with van der Waals surface area (Å²) in [5, 5.41) is 5.23. The standard InChI is InChI=1S/C16H14N2O3/c1-3-12-6-4-7-13(10-12)18-15(19)11(2)17-16(20)14-8-5-9-21-14/h1,4-11H,2H3,(H,17,20)(H,18,19). The Morgan fingerprint density at radius 2 is 2.10 bits per heavy atom. The summed E-state index contributed by atoms with van der Waals surface area (Å²) in [6.45, 7) is 1.58. The molecule has 0 radical (unpaired) electrons. The molecular formula is C16H14N2O3. The molecule has 0 saturated heterocycles. The van der Waals surface area contributed by atoms with Crippen LogP contribution in [0.5, 0.6) is 0 Å². The lowest BCUT2D eigenvalue weighted by atomic mass is 10.2. The van der Waals surface area contributed by atoms with Crippen molar-refractivity contribution in [2.24, 2.45) is 0 Å². The summed E-state index contributed by atoms with van der Waals surface area (Å²) < 4.78 is 4.96. The molecular weight excluding hydrogens is 268 g/mol. The number of carbonyl (C=O) groups is 2. The summed E-state index contributed by atoms with van der Waals surface area (Å²) in [7, 11) is 0. The highest BCUT2D eigenvalue weighted by atomic mass is 16.3. The quantitative estimate of drug-likeness (QED) is 0.843. The van der Waals surface area contributed by atoms with Gasteiger partial charge in [-0.2, -0.15) is 0 Å². The van der Waals surface area contributed by atoms with Gasteiger partial charge in [0.2, 0.25) is 5.91 Å². The summed E-state index contributed by atoms with van der Waals surface area (Å²) >= 11 is 0. The van der Waals surface area contributed by atoms with Crippen LogP contribution in [0.3, 0.4) is 0 Å². The van der Waals surface area contributed by atoms with Crippen molar-refractivity contribution in [2.45, 2.75) is 13.0 Å². The van der Waals surface area contributed by atoms with Gasteiger partial charge in [0.15, 0.2) is 5.76 Å². The number of furan rings is 1. The number of hydrogen-bond acceptors (Lipinski definition) is 3. The van der Waals surface area contributed by atoms with Gasteiger partial charge < -0.3 is 15.1 Å². The second kappa shape index (κ2) is 6.44. The molecule has 0 aliphatic heterocycles. The van der Waals surface area contributed by atoms with Gasteiger partial charge >= 0.3 is 0 Å². The van der Waals surface area contributed by atoms with E-state index < -0.39 is 11.9 Å². The topological polar surface area (TPSA) is 71.3 Å². The van der Waals surface area contributed by atoms with Crippen molar-refractivity contribution in [1.29, 1.82) is 0 Å². The first-order chi connectivity index (χ1) is 10.1. The Morgan fingerprint density at radius 3 is 2.76 bits per heavy atom. The minimum absolute atomic E-state index is 0.156. The normalized spacial score (nSPS) is 11.2. The lowest BCUT2D eigenvalue weighted by molar-refractivity contribution is -0.117. The molecule has 2 amide bonds. The summed E-state index contributed by atoms with van der Waals surface area (Å²) in [5.74, 6) is 1.86. The van der Waals surface area contributed by atoms with Crippen molar-refractivity contribution < 1.29 is 14.0 Å². The lowest BCUT2D eigenvalue weighted by Crippen LogP contribution is -2.41. The minimum atomic E-state index is -0.711. The molecule has 5 heteroatoms. The Hall–Kier alpha value is -3.00. The van der Waals surface area contributed by atoms with Gasteiger partial charge in [-0.3, -0.25) is 9.59 Å². The highest BCUT2D eigenvalue weighted by molar-refractivity contribution is 5.99. The van der Waals surface area contributed by atoms with E-state index in [1.54, 1.807) is 37.3 Å². The van der Waals surface area contributed by atoms with Crippen LogP contribution in [0.15, 0.2) is 47.1 Å². The first kappa shape index (κ1) is 14.4. The summed E-state index contributed by atoms with van der Waals surface area (Å²) in [4.78, 5) is 23.8. The maximum atomic E-state index is 12.0. The van der Waals surface area contributed by atoms with Crippen LogP contribution in [0.25, 0.3) is 0 Å². The van der Waals surface area contributed by atoms with E-state index in [0.29, 0.717) is 11.3 Å². The number of terminal acetylenes is 1. The van der Waals surface area contributed by atoms with E-state index in [-0.39, 0.29) is 11.7 Å². The molecule has 1 atom stereocenters. The van der Waals surface area contributed by atoms with Crippen molar-refractivity contribution in [2.75, 3.05) is 5.32 Å². The molecule has 2 N–H and O–H groups in total. The lowest BCUT2D eigenvalue weighted by Gasteiger charge is -2.13. The van der Waals surface area contributed by atoms with E-state index >= 15 is 0 Å². The number of carbonyl (C=O) groups excluding carboxylic acids is 2. The first-order valence-electron chi connectivity index (χ1n) is 6.32. The fourth-order valence-corrected chi connectivity index (χ4v) is 1.68. The van der Waals surface area contributed by atoms with Crippen molar-refractivity contribution in [3.63, 3.8) is 0 Å². The summed E-state index contributed by atoms with van der Waals surface area (Å²) in [6, 6.07) is 9.33. The fourth-order valence-electron chi connectivity index (χ4n) is 1.68. The molecule has 2 rings (SSSR count). The van der Waals surface area contributed by atoms with E-state index in [4.69, 9.17) is 10.8 Å². The number of benzene rings is 1. The predicted molar refractivity (Wildman–Crippen MR) is 78.6 cm³/mol. The van der Waals surface area contributed by atoms with Crippen LogP contribution in [0.1, 0.15) is 23.0 Å². The number of hydrogen-bond donors (Lipinski definition) is 2. The van der Waals surface area contributed by atoms with Crippen molar-refractivity contribution in [3.05, 3.63) is 54.0 Å². The van der Waals surface area contributed by atoms with Gasteiger partial charge in [0.1, 0.15) is 6.04 Å². The average Bonchev–Trinajstić information content (AvgIpc) is 3.01. The SMILES string of the molecule is C#Cc1cccc(NC(=O)C(C)NC(=O)c2ccco2)c1. The molecule has 1 unspecified atom stereocenters. The highest BCUT2D eigenvalue weighted by Crippen LogP contribution is 2.10. The zero-order valence-corrected chi connectivity index (χ0v) is 11.4. The smallest absolute Gasteiger partial charge is 0.287 e. The Balaban J connectivity index is 1.96. The van der Waals surface area contributed by atoms with E-state index in [1.165, 1.54) is 12.3 Å². The molecule has 0 fully saturated rings. The molecule has 0 bridgehead atoms.